The molecular formula is C21H25FN4O2. The van der Waals surface area contributed by atoms with Crippen molar-refractivity contribution in [2.45, 2.75) is 19.4 Å². The fraction of sp³-hybridized carbons (Fsp3) is 0.333. The number of nitrogens with one attached hydrogen (secondary N) is 2. The van der Waals surface area contributed by atoms with Gasteiger partial charge in [0.25, 0.3) is 5.91 Å². The van der Waals surface area contributed by atoms with Crippen LogP contribution in [0.1, 0.15) is 28.8 Å². The highest BCUT2D eigenvalue weighted by Crippen LogP contribution is 2.19. The van der Waals surface area contributed by atoms with Gasteiger partial charge in [0, 0.05) is 37.4 Å². The van der Waals surface area contributed by atoms with Crippen LogP contribution in [0.4, 0.5) is 14.9 Å². The Balaban J connectivity index is 1.50. The van der Waals surface area contributed by atoms with Gasteiger partial charge in [0.1, 0.15) is 5.82 Å². The van der Waals surface area contributed by atoms with Crippen molar-refractivity contribution in [3.63, 3.8) is 0 Å². The predicted octanol–water partition coefficient (Wildman–Crippen LogP) is 2.96. The van der Waals surface area contributed by atoms with Crippen LogP contribution in [0.5, 0.6) is 0 Å². The van der Waals surface area contributed by atoms with Crippen molar-refractivity contribution in [2.75, 3.05) is 25.0 Å². The number of carbonyl (C=O) groups is 2. The lowest BCUT2D eigenvalue weighted by Crippen LogP contribution is -2.44. The van der Waals surface area contributed by atoms with Crippen LogP contribution in [0.3, 0.4) is 0 Å². The molecule has 1 saturated heterocycles. The number of halogens is 1. The Bertz CT molecular complexity index is 825. The second-order valence-corrected chi connectivity index (χ2v) is 7.01. The topological polar surface area (TPSA) is 87.5 Å². The lowest BCUT2D eigenvalue weighted by Gasteiger charge is -2.33. The number of rotatable bonds is 5. The highest BCUT2D eigenvalue weighted by Gasteiger charge is 2.24. The standard InChI is InChI=1S/C21H25FN4O2/c22-18-4-1-5-19(11-18)25-21(28)24-13-16-3-2-10-26(14-16)20(27)17-8-6-15(12-23)7-9-17/h1,4-9,11,16H,2-3,10,12-14,23H2,(H2,24,25,28). The van der Waals surface area contributed by atoms with Crippen LogP contribution in [-0.4, -0.2) is 36.5 Å². The van der Waals surface area contributed by atoms with Crippen LogP contribution in [-0.2, 0) is 6.54 Å². The Hall–Kier alpha value is -2.93. The average Bonchev–Trinajstić information content (AvgIpc) is 2.72. The third kappa shape index (κ3) is 5.29. The largest absolute Gasteiger partial charge is 0.338 e. The second kappa shape index (κ2) is 9.32. The summed E-state index contributed by atoms with van der Waals surface area (Å²) in [6.45, 7) is 2.21. The highest BCUT2D eigenvalue weighted by atomic mass is 19.1. The first-order valence-electron chi connectivity index (χ1n) is 9.44. The van der Waals surface area contributed by atoms with Gasteiger partial charge >= 0.3 is 6.03 Å². The van der Waals surface area contributed by atoms with Crippen molar-refractivity contribution in [3.05, 3.63) is 65.5 Å². The van der Waals surface area contributed by atoms with Crippen LogP contribution < -0.4 is 16.4 Å². The van der Waals surface area contributed by atoms with Crippen molar-refractivity contribution in [1.29, 1.82) is 0 Å². The molecule has 0 aromatic heterocycles. The first-order valence-corrected chi connectivity index (χ1v) is 9.44. The molecule has 148 valence electrons. The van der Waals surface area contributed by atoms with Crippen LogP contribution in [0.15, 0.2) is 48.5 Å². The Morgan fingerprint density at radius 3 is 2.68 bits per heavy atom. The Kier molecular flexibility index (Phi) is 6.60. The van der Waals surface area contributed by atoms with E-state index in [1.54, 1.807) is 18.2 Å². The summed E-state index contributed by atoms with van der Waals surface area (Å²) in [5.41, 5.74) is 7.63. The van der Waals surface area contributed by atoms with Gasteiger partial charge in [-0.1, -0.05) is 18.2 Å². The zero-order valence-corrected chi connectivity index (χ0v) is 15.7. The molecule has 4 N–H and O–H groups in total. The zero-order chi connectivity index (χ0) is 19.9. The molecule has 2 aromatic carbocycles. The lowest BCUT2D eigenvalue weighted by molar-refractivity contribution is 0.0675. The summed E-state index contributed by atoms with van der Waals surface area (Å²) in [6.07, 6.45) is 1.83. The van der Waals surface area contributed by atoms with E-state index >= 15 is 0 Å². The molecule has 1 fully saturated rings. The number of nitrogens with two attached hydrogens (primary N) is 1. The van der Waals surface area contributed by atoms with Crippen molar-refractivity contribution >= 4 is 17.6 Å². The second-order valence-electron chi connectivity index (χ2n) is 7.01. The number of piperidine rings is 1. The molecular weight excluding hydrogens is 359 g/mol. The fourth-order valence-electron chi connectivity index (χ4n) is 3.36. The van der Waals surface area contributed by atoms with E-state index in [2.05, 4.69) is 10.6 Å². The molecule has 28 heavy (non-hydrogen) atoms. The zero-order valence-electron chi connectivity index (χ0n) is 15.7. The molecule has 2 aromatic rings. The molecule has 7 heteroatoms. The summed E-state index contributed by atoms with van der Waals surface area (Å²) in [7, 11) is 0. The molecule has 3 rings (SSSR count). The van der Waals surface area contributed by atoms with Crippen LogP contribution >= 0.6 is 0 Å². The van der Waals surface area contributed by atoms with Gasteiger partial charge in [-0.3, -0.25) is 4.79 Å². The number of carbonyl (C=O) groups excluding carboxylic acids is 2. The molecule has 0 radical (unpaired) electrons. The molecule has 1 atom stereocenters. The Labute approximate surface area is 163 Å². The summed E-state index contributed by atoms with van der Waals surface area (Å²) in [6, 6.07) is 12.7. The van der Waals surface area contributed by atoms with Crippen molar-refractivity contribution in [1.82, 2.24) is 10.2 Å². The predicted molar refractivity (Wildman–Crippen MR) is 106 cm³/mol. The summed E-state index contributed by atoms with van der Waals surface area (Å²) in [5, 5.41) is 5.42. The number of likely N-dealkylation sites (tertiary alicyclic amines) is 1. The van der Waals surface area contributed by atoms with Crippen LogP contribution in [0.25, 0.3) is 0 Å². The van der Waals surface area contributed by atoms with Crippen molar-refractivity contribution < 1.29 is 14.0 Å². The monoisotopic (exact) mass is 384 g/mol. The quantitative estimate of drug-likeness (QED) is 0.741. The van der Waals surface area contributed by atoms with Gasteiger partial charge in [-0.15, -0.1) is 0 Å². The lowest BCUT2D eigenvalue weighted by atomic mass is 9.97. The number of urea groups is 1. The minimum Gasteiger partial charge on any atom is -0.338 e. The number of nitrogens with zero attached hydrogens (tertiary/aromatic N) is 1. The summed E-state index contributed by atoms with van der Waals surface area (Å²) in [4.78, 5) is 26.6. The maximum Gasteiger partial charge on any atom is 0.319 e. The van der Waals surface area contributed by atoms with Gasteiger partial charge in [0.05, 0.1) is 0 Å². The molecule has 1 aliphatic heterocycles. The molecule has 6 nitrogen and oxygen atoms in total. The van der Waals surface area contributed by atoms with Crippen molar-refractivity contribution in [2.24, 2.45) is 11.7 Å². The van der Waals surface area contributed by atoms with Crippen molar-refractivity contribution in [3.8, 4) is 0 Å². The minimum absolute atomic E-state index is 0.00233. The van der Waals surface area contributed by atoms with Gasteiger partial charge in [0.15, 0.2) is 0 Å². The van der Waals surface area contributed by atoms with Gasteiger partial charge in [-0.05, 0) is 54.7 Å². The average molecular weight is 384 g/mol. The van der Waals surface area contributed by atoms with E-state index in [1.807, 2.05) is 17.0 Å². The number of amides is 3. The van der Waals surface area contributed by atoms with E-state index in [0.29, 0.717) is 37.4 Å². The van der Waals surface area contributed by atoms with Gasteiger partial charge in [-0.25, -0.2) is 9.18 Å². The maximum atomic E-state index is 13.2. The minimum atomic E-state index is -0.404. The van der Waals surface area contributed by atoms with E-state index in [9.17, 15) is 14.0 Å². The van der Waals surface area contributed by atoms with Gasteiger partial charge in [-0.2, -0.15) is 0 Å². The normalized spacial score (nSPS) is 16.5. The Morgan fingerprint density at radius 2 is 1.96 bits per heavy atom. The molecule has 0 aliphatic carbocycles. The van der Waals surface area contributed by atoms with E-state index in [0.717, 1.165) is 18.4 Å². The summed E-state index contributed by atoms with van der Waals surface area (Å²) < 4.78 is 13.2. The molecule has 1 unspecified atom stereocenters. The van der Waals surface area contributed by atoms with Gasteiger partial charge < -0.3 is 21.3 Å². The van der Waals surface area contributed by atoms with E-state index in [4.69, 9.17) is 5.73 Å². The molecule has 0 saturated carbocycles. The third-order valence-electron chi connectivity index (χ3n) is 4.88. The molecule has 3 amide bonds. The first-order chi connectivity index (χ1) is 13.5. The number of anilines is 1. The highest BCUT2D eigenvalue weighted by molar-refractivity contribution is 5.94. The van der Waals surface area contributed by atoms with E-state index < -0.39 is 5.82 Å². The van der Waals surface area contributed by atoms with E-state index in [1.165, 1.54) is 18.2 Å². The SMILES string of the molecule is NCc1ccc(C(=O)N2CCCC(CNC(=O)Nc3cccc(F)c3)C2)cc1. The number of hydrogen-bond acceptors (Lipinski definition) is 3. The molecule has 0 bridgehead atoms. The first kappa shape index (κ1) is 19.8. The summed E-state index contributed by atoms with van der Waals surface area (Å²) >= 11 is 0. The number of hydrogen-bond donors (Lipinski definition) is 3. The van der Waals surface area contributed by atoms with Gasteiger partial charge in [0.2, 0.25) is 0 Å². The molecule has 1 aliphatic rings. The third-order valence-corrected chi connectivity index (χ3v) is 4.88. The summed E-state index contributed by atoms with van der Waals surface area (Å²) in [5.74, 6) is -0.226. The smallest absolute Gasteiger partial charge is 0.319 e. The van der Waals surface area contributed by atoms with Crippen LogP contribution in [0.2, 0.25) is 0 Å². The Morgan fingerprint density at radius 1 is 1.18 bits per heavy atom. The fourth-order valence-corrected chi connectivity index (χ4v) is 3.36. The van der Waals surface area contributed by atoms with E-state index in [-0.39, 0.29) is 17.9 Å². The maximum absolute atomic E-state index is 13.2. The van der Waals surface area contributed by atoms with Crippen LogP contribution in [0, 0.1) is 11.7 Å². The number of benzene rings is 2. The molecule has 1 heterocycles. The molecule has 0 spiro atoms.